The number of carbonyl (C=O) groups excluding carboxylic acids is 2. The fourth-order valence-corrected chi connectivity index (χ4v) is 2.45. The van der Waals surface area contributed by atoms with Crippen LogP contribution < -0.4 is 0 Å². The van der Waals surface area contributed by atoms with Crippen molar-refractivity contribution in [1.82, 2.24) is 4.57 Å². The van der Waals surface area contributed by atoms with Crippen LogP contribution in [-0.2, 0) is 20.7 Å². The highest BCUT2D eigenvalue weighted by Gasteiger charge is 2.21. The Balaban J connectivity index is 2.51. The van der Waals surface area contributed by atoms with E-state index < -0.39 is 11.7 Å². The Morgan fingerprint density at radius 1 is 1.27 bits per heavy atom. The number of methoxy groups -OCH3 is 1. The summed E-state index contributed by atoms with van der Waals surface area (Å²) in [5.74, 6) is -0.355. The van der Waals surface area contributed by atoms with Gasteiger partial charge in [0.15, 0.2) is 0 Å². The Labute approximate surface area is 137 Å². The smallest absolute Gasteiger partial charge is 0.419 e. The van der Waals surface area contributed by atoms with Gasteiger partial charge in [0.2, 0.25) is 0 Å². The highest BCUT2D eigenvalue weighted by atomic mass is 79.9. The van der Waals surface area contributed by atoms with Crippen molar-refractivity contribution >= 4 is 38.9 Å². The van der Waals surface area contributed by atoms with E-state index in [1.165, 1.54) is 11.7 Å². The van der Waals surface area contributed by atoms with E-state index >= 15 is 0 Å². The molecule has 22 heavy (non-hydrogen) atoms. The van der Waals surface area contributed by atoms with Crippen LogP contribution in [0.25, 0.3) is 10.9 Å². The van der Waals surface area contributed by atoms with E-state index in [2.05, 4.69) is 15.9 Å². The summed E-state index contributed by atoms with van der Waals surface area (Å²) >= 11 is 3.39. The first-order valence-electron chi connectivity index (χ1n) is 6.81. The summed E-state index contributed by atoms with van der Waals surface area (Å²) in [4.78, 5) is 23.9. The number of rotatable bonds is 2. The van der Waals surface area contributed by atoms with Gasteiger partial charge in [-0.25, -0.2) is 4.79 Å². The molecular formula is C16H18BrNO4. The van der Waals surface area contributed by atoms with Crippen LogP contribution in [-0.4, -0.2) is 29.3 Å². The van der Waals surface area contributed by atoms with Gasteiger partial charge >= 0.3 is 12.1 Å². The summed E-state index contributed by atoms with van der Waals surface area (Å²) in [5, 5.41) is 0.819. The van der Waals surface area contributed by atoms with Gasteiger partial charge in [-0.15, -0.1) is 0 Å². The number of benzene rings is 1. The first kappa shape index (κ1) is 16.5. The summed E-state index contributed by atoms with van der Waals surface area (Å²) in [6.45, 7) is 5.42. The quantitative estimate of drug-likeness (QED) is 0.755. The molecule has 0 saturated heterocycles. The lowest BCUT2D eigenvalue weighted by Gasteiger charge is -2.19. The van der Waals surface area contributed by atoms with Crippen molar-refractivity contribution in [1.29, 1.82) is 0 Å². The topological polar surface area (TPSA) is 57.5 Å². The lowest BCUT2D eigenvalue weighted by atomic mass is 10.1. The van der Waals surface area contributed by atoms with E-state index in [1.807, 2.05) is 39.0 Å². The fraction of sp³-hybridized carbons (Fsp3) is 0.375. The summed E-state index contributed by atoms with van der Waals surface area (Å²) in [6, 6.07) is 5.54. The molecule has 0 saturated carbocycles. The van der Waals surface area contributed by atoms with Crippen LogP contribution in [0.1, 0.15) is 26.3 Å². The number of hydrogen-bond donors (Lipinski definition) is 0. The van der Waals surface area contributed by atoms with Crippen LogP contribution in [0, 0.1) is 0 Å². The molecule has 1 aromatic carbocycles. The molecule has 118 valence electrons. The molecule has 0 fully saturated rings. The molecule has 0 spiro atoms. The minimum atomic E-state index is -0.595. The second-order valence-electron chi connectivity index (χ2n) is 5.92. The summed E-state index contributed by atoms with van der Waals surface area (Å²) in [6.07, 6.45) is 1.25. The number of fused-ring (bicyclic) bond motifs is 1. The zero-order valence-corrected chi connectivity index (χ0v) is 14.6. The number of halogens is 1. The number of aromatic nitrogens is 1. The van der Waals surface area contributed by atoms with Crippen molar-refractivity contribution in [3.8, 4) is 0 Å². The third kappa shape index (κ3) is 3.68. The average molecular weight is 368 g/mol. The van der Waals surface area contributed by atoms with Crippen LogP contribution >= 0.6 is 15.9 Å². The maximum Gasteiger partial charge on any atom is 0.419 e. The summed E-state index contributed by atoms with van der Waals surface area (Å²) in [5.41, 5.74) is 0.810. The molecule has 5 nitrogen and oxygen atoms in total. The molecule has 0 radical (unpaired) electrons. The Hall–Kier alpha value is -1.82. The van der Waals surface area contributed by atoms with Crippen molar-refractivity contribution in [3.63, 3.8) is 0 Å². The lowest BCUT2D eigenvalue weighted by Crippen LogP contribution is -2.26. The van der Waals surface area contributed by atoms with E-state index in [0.29, 0.717) is 5.52 Å². The maximum absolute atomic E-state index is 12.4. The maximum atomic E-state index is 12.4. The van der Waals surface area contributed by atoms with Crippen LogP contribution in [0.15, 0.2) is 28.9 Å². The Kier molecular flexibility index (Phi) is 4.60. The predicted molar refractivity (Wildman–Crippen MR) is 87.0 cm³/mol. The number of nitrogens with zero attached hydrogens (tertiary/aromatic N) is 1. The van der Waals surface area contributed by atoms with Crippen molar-refractivity contribution in [2.45, 2.75) is 32.8 Å². The van der Waals surface area contributed by atoms with Gasteiger partial charge in [-0.2, -0.15) is 0 Å². The van der Waals surface area contributed by atoms with Gasteiger partial charge in [-0.05, 0) is 38.5 Å². The number of carbonyl (C=O) groups is 2. The molecule has 1 heterocycles. The standard InChI is InChI=1S/C16H18BrNO4/c1-16(2,3)22-15(20)18-9-10(7-14(19)21-4)12-6-5-11(17)8-13(12)18/h5-6,8-9H,7H2,1-4H3. The van der Waals surface area contributed by atoms with E-state index in [1.54, 1.807) is 6.20 Å². The minimum absolute atomic E-state index is 0.102. The highest BCUT2D eigenvalue weighted by Crippen LogP contribution is 2.26. The Morgan fingerprint density at radius 3 is 2.55 bits per heavy atom. The second-order valence-corrected chi connectivity index (χ2v) is 6.83. The number of esters is 1. The van der Waals surface area contributed by atoms with Crippen molar-refractivity contribution < 1.29 is 19.1 Å². The largest absolute Gasteiger partial charge is 0.469 e. The normalized spacial score (nSPS) is 11.5. The van der Waals surface area contributed by atoms with Crippen molar-refractivity contribution in [3.05, 3.63) is 34.4 Å². The minimum Gasteiger partial charge on any atom is -0.469 e. The summed E-state index contributed by atoms with van der Waals surface area (Å²) in [7, 11) is 1.34. The third-order valence-electron chi connectivity index (χ3n) is 3.00. The van der Waals surface area contributed by atoms with Gasteiger partial charge in [0.25, 0.3) is 0 Å². The SMILES string of the molecule is COC(=O)Cc1cn(C(=O)OC(C)(C)C)c2cc(Br)ccc12. The molecule has 2 rings (SSSR count). The van der Waals surface area contributed by atoms with E-state index in [-0.39, 0.29) is 12.4 Å². The number of hydrogen-bond acceptors (Lipinski definition) is 4. The molecule has 2 aromatic rings. The molecule has 0 amide bonds. The third-order valence-corrected chi connectivity index (χ3v) is 3.50. The molecule has 0 bridgehead atoms. The first-order chi connectivity index (χ1) is 10.2. The zero-order valence-electron chi connectivity index (χ0n) is 13.0. The Bertz CT molecular complexity index is 728. The highest BCUT2D eigenvalue weighted by molar-refractivity contribution is 9.10. The van der Waals surface area contributed by atoms with Gasteiger partial charge in [0.05, 0.1) is 19.0 Å². The van der Waals surface area contributed by atoms with E-state index in [9.17, 15) is 9.59 Å². The van der Waals surface area contributed by atoms with Crippen LogP contribution in [0.4, 0.5) is 4.79 Å². The van der Waals surface area contributed by atoms with Crippen molar-refractivity contribution in [2.75, 3.05) is 7.11 Å². The van der Waals surface area contributed by atoms with Gasteiger partial charge in [-0.3, -0.25) is 9.36 Å². The fourth-order valence-electron chi connectivity index (χ4n) is 2.10. The number of ether oxygens (including phenoxy) is 2. The van der Waals surface area contributed by atoms with E-state index in [4.69, 9.17) is 9.47 Å². The molecule has 0 atom stereocenters. The molecule has 0 N–H and O–H groups in total. The zero-order chi connectivity index (χ0) is 16.5. The molecule has 0 unspecified atom stereocenters. The summed E-state index contributed by atoms with van der Waals surface area (Å²) < 4.78 is 12.4. The van der Waals surface area contributed by atoms with Crippen LogP contribution in [0.5, 0.6) is 0 Å². The van der Waals surface area contributed by atoms with Crippen LogP contribution in [0.3, 0.4) is 0 Å². The van der Waals surface area contributed by atoms with E-state index in [0.717, 1.165) is 15.4 Å². The molecule has 1 aromatic heterocycles. The van der Waals surface area contributed by atoms with Gasteiger partial charge < -0.3 is 9.47 Å². The predicted octanol–water partition coefficient (Wildman–Crippen LogP) is 3.90. The van der Waals surface area contributed by atoms with Gasteiger partial charge in [0.1, 0.15) is 5.60 Å². The molecule has 0 aliphatic rings. The molecular weight excluding hydrogens is 350 g/mol. The van der Waals surface area contributed by atoms with Gasteiger partial charge in [0, 0.05) is 16.1 Å². The van der Waals surface area contributed by atoms with Crippen molar-refractivity contribution in [2.24, 2.45) is 0 Å². The lowest BCUT2D eigenvalue weighted by molar-refractivity contribution is -0.139. The first-order valence-corrected chi connectivity index (χ1v) is 7.60. The molecule has 6 heteroatoms. The van der Waals surface area contributed by atoms with Gasteiger partial charge in [-0.1, -0.05) is 22.0 Å². The Morgan fingerprint density at radius 2 is 1.95 bits per heavy atom. The monoisotopic (exact) mass is 367 g/mol. The second kappa shape index (κ2) is 6.12. The molecule has 0 aliphatic heterocycles. The molecule has 0 aliphatic carbocycles. The van der Waals surface area contributed by atoms with Crippen LogP contribution in [0.2, 0.25) is 0 Å². The average Bonchev–Trinajstić information content (AvgIpc) is 2.74.